The molecule has 0 unspecified atom stereocenters. The van der Waals surface area contributed by atoms with E-state index in [0.29, 0.717) is 19.8 Å². The molecule has 0 saturated heterocycles. The molecular weight excluding hydrogens is 380 g/mol. The molecule has 0 aliphatic heterocycles. The molecule has 0 spiro atoms. The second kappa shape index (κ2) is 12.5. The maximum absolute atomic E-state index is 11.9. The van der Waals surface area contributed by atoms with Crippen molar-refractivity contribution in [1.82, 2.24) is 0 Å². The van der Waals surface area contributed by atoms with E-state index >= 15 is 0 Å². The van der Waals surface area contributed by atoms with Crippen molar-refractivity contribution < 1.29 is 24.1 Å². The van der Waals surface area contributed by atoms with Crippen LogP contribution in [0.4, 0.5) is 0 Å². The molecule has 164 valence electrons. The van der Waals surface area contributed by atoms with Crippen LogP contribution in [0.15, 0.2) is 60.7 Å². The predicted octanol–water partition coefficient (Wildman–Crippen LogP) is 4.23. The lowest BCUT2D eigenvalue weighted by atomic mass is 9.84. The number of aliphatic hydroxyl groups excluding tert-OH is 1. The Labute approximate surface area is 180 Å². The first-order valence-electron chi connectivity index (χ1n) is 10.5. The van der Waals surface area contributed by atoms with Crippen LogP contribution in [0.1, 0.15) is 31.9 Å². The first-order chi connectivity index (χ1) is 14.4. The molecule has 5 heteroatoms. The van der Waals surface area contributed by atoms with E-state index < -0.39 is 18.0 Å². The van der Waals surface area contributed by atoms with Gasteiger partial charge in [-0.2, -0.15) is 0 Å². The number of hydrogen-bond donors (Lipinski definition) is 1. The minimum atomic E-state index is -0.880. The molecule has 0 radical (unpaired) electrons. The molecule has 0 aliphatic carbocycles. The van der Waals surface area contributed by atoms with Gasteiger partial charge in [-0.1, -0.05) is 74.5 Å². The van der Waals surface area contributed by atoms with Gasteiger partial charge in [-0.25, -0.2) is 0 Å². The van der Waals surface area contributed by atoms with Gasteiger partial charge in [0, 0.05) is 11.8 Å². The largest absolute Gasteiger partial charge is 0.469 e. The quantitative estimate of drug-likeness (QED) is 0.527. The van der Waals surface area contributed by atoms with E-state index in [1.54, 1.807) is 6.92 Å². The minimum absolute atomic E-state index is 0.0203. The number of carbonyl (C=O) groups excluding carboxylic acids is 1. The third-order valence-electron chi connectivity index (χ3n) is 5.48. The number of ether oxygens (including phenoxy) is 3. The fraction of sp³-hybridized carbons (Fsp3) is 0.480. The van der Waals surface area contributed by atoms with Gasteiger partial charge in [-0.15, -0.1) is 0 Å². The van der Waals surface area contributed by atoms with Gasteiger partial charge < -0.3 is 19.3 Å². The second-order valence-corrected chi connectivity index (χ2v) is 7.90. The Morgan fingerprint density at radius 2 is 1.43 bits per heavy atom. The van der Waals surface area contributed by atoms with Crippen LogP contribution in [0.5, 0.6) is 0 Å². The normalized spacial score (nSPS) is 16.3. The molecule has 1 N–H and O–H groups in total. The van der Waals surface area contributed by atoms with E-state index in [1.807, 2.05) is 74.5 Å². The van der Waals surface area contributed by atoms with E-state index in [9.17, 15) is 9.90 Å². The van der Waals surface area contributed by atoms with Crippen LogP contribution in [-0.2, 0) is 32.2 Å². The molecule has 2 aromatic carbocycles. The summed E-state index contributed by atoms with van der Waals surface area (Å²) in [6, 6.07) is 19.9. The fourth-order valence-electron chi connectivity index (χ4n) is 3.61. The molecule has 2 aromatic rings. The molecule has 2 rings (SSSR count). The molecule has 0 aliphatic rings. The highest BCUT2D eigenvalue weighted by Crippen LogP contribution is 2.26. The zero-order valence-electron chi connectivity index (χ0n) is 18.4. The van der Waals surface area contributed by atoms with Crippen molar-refractivity contribution in [3.63, 3.8) is 0 Å². The molecule has 0 heterocycles. The van der Waals surface area contributed by atoms with Crippen molar-refractivity contribution >= 4 is 5.97 Å². The Kier molecular flexibility index (Phi) is 10.0. The summed E-state index contributed by atoms with van der Waals surface area (Å²) < 4.78 is 17.0. The molecule has 5 nitrogen and oxygen atoms in total. The van der Waals surface area contributed by atoms with Gasteiger partial charge in [-0.05, 0) is 18.1 Å². The highest BCUT2D eigenvalue weighted by atomic mass is 16.5. The van der Waals surface area contributed by atoms with Gasteiger partial charge in [0.05, 0.1) is 45.1 Å². The topological polar surface area (TPSA) is 65.0 Å². The number of hydrogen-bond acceptors (Lipinski definition) is 5. The monoisotopic (exact) mass is 414 g/mol. The van der Waals surface area contributed by atoms with E-state index in [0.717, 1.165) is 11.1 Å². The maximum atomic E-state index is 11.9. The van der Waals surface area contributed by atoms with Crippen molar-refractivity contribution in [3.05, 3.63) is 71.8 Å². The smallest absolute Gasteiger partial charge is 0.311 e. The molecule has 0 bridgehead atoms. The zero-order valence-corrected chi connectivity index (χ0v) is 18.4. The number of methoxy groups -OCH3 is 1. The molecule has 0 saturated carbocycles. The number of benzene rings is 2. The predicted molar refractivity (Wildman–Crippen MR) is 117 cm³/mol. The average Bonchev–Trinajstić information content (AvgIpc) is 2.78. The SMILES string of the molecule is COC(=O)[C@H](C)[C@@H](O)[C@@H](C)[C@H](OCc1ccccc1)[C@@H](C)COCc1ccccc1. The van der Waals surface area contributed by atoms with Crippen LogP contribution < -0.4 is 0 Å². The Hall–Kier alpha value is -2.21. The molecule has 30 heavy (non-hydrogen) atoms. The highest BCUT2D eigenvalue weighted by Gasteiger charge is 2.35. The van der Waals surface area contributed by atoms with Gasteiger partial charge in [0.2, 0.25) is 0 Å². The summed E-state index contributed by atoms with van der Waals surface area (Å²) in [6.07, 6.45) is -1.17. The van der Waals surface area contributed by atoms with E-state index in [-0.39, 0.29) is 17.9 Å². The summed E-state index contributed by atoms with van der Waals surface area (Å²) in [4.78, 5) is 11.9. The Morgan fingerprint density at radius 1 is 0.900 bits per heavy atom. The summed E-state index contributed by atoms with van der Waals surface area (Å²) in [5, 5.41) is 10.8. The van der Waals surface area contributed by atoms with Crippen molar-refractivity contribution in [2.75, 3.05) is 13.7 Å². The number of esters is 1. The number of aliphatic hydroxyl groups is 1. The number of carbonyl (C=O) groups is 1. The molecule has 0 aromatic heterocycles. The zero-order chi connectivity index (χ0) is 21.9. The van der Waals surface area contributed by atoms with E-state index in [2.05, 4.69) is 0 Å². The molecular formula is C25H34O5. The van der Waals surface area contributed by atoms with Gasteiger partial charge >= 0.3 is 5.97 Å². The van der Waals surface area contributed by atoms with E-state index in [1.165, 1.54) is 7.11 Å². The van der Waals surface area contributed by atoms with Gasteiger partial charge in [0.25, 0.3) is 0 Å². The fourth-order valence-corrected chi connectivity index (χ4v) is 3.61. The molecule has 0 fully saturated rings. The van der Waals surface area contributed by atoms with Crippen molar-refractivity contribution in [2.45, 2.75) is 46.2 Å². The Bertz CT molecular complexity index is 734. The van der Waals surface area contributed by atoms with Crippen LogP contribution in [0.2, 0.25) is 0 Å². The van der Waals surface area contributed by atoms with Crippen molar-refractivity contribution in [2.24, 2.45) is 17.8 Å². The summed E-state index contributed by atoms with van der Waals surface area (Å²) in [5.74, 6) is -1.32. The van der Waals surface area contributed by atoms with Gasteiger partial charge in [-0.3, -0.25) is 4.79 Å². The second-order valence-electron chi connectivity index (χ2n) is 7.90. The molecule has 0 amide bonds. The van der Waals surface area contributed by atoms with Gasteiger partial charge in [0.15, 0.2) is 0 Å². The number of rotatable bonds is 12. The first kappa shape index (κ1) is 24.1. The lowest BCUT2D eigenvalue weighted by Crippen LogP contribution is -2.42. The third kappa shape index (κ3) is 7.24. The average molecular weight is 415 g/mol. The standard InChI is InChI=1S/C25H34O5/c1-18(15-29-16-21-11-7-5-8-12-21)24(30-17-22-13-9-6-10-14-22)19(2)23(26)20(3)25(27)28-4/h5-14,18-20,23-24,26H,15-17H2,1-4H3/t18-,19+,20+,23-,24+/m0/s1. The summed E-state index contributed by atoms with van der Waals surface area (Å²) in [6.45, 7) is 7.07. The van der Waals surface area contributed by atoms with Crippen LogP contribution in [-0.4, -0.2) is 37.0 Å². The highest BCUT2D eigenvalue weighted by molar-refractivity contribution is 5.72. The maximum Gasteiger partial charge on any atom is 0.311 e. The van der Waals surface area contributed by atoms with Crippen LogP contribution in [0, 0.1) is 17.8 Å². The van der Waals surface area contributed by atoms with Crippen molar-refractivity contribution in [1.29, 1.82) is 0 Å². The molecule has 5 atom stereocenters. The third-order valence-corrected chi connectivity index (χ3v) is 5.48. The summed E-state index contributed by atoms with van der Waals surface area (Å²) in [7, 11) is 1.33. The van der Waals surface area contributed by atoms with Crippen molar-refractivity contribution in [3.8, 4) is 0 Å². The van der Waals surface area contributed by atoms with Crippen LogP contribution >= 0.6 is 0 Å². The Morgan fingerprint density at radius 3 is 1.97 bits per heavy atom. The lowest BCUT2D eigenvalue weighted by molar-refractivity contribution is -0.153. The Balaban J connectivity index is 2.03. The van der Waals surface area contributed by atoms with Crippen LogP contribution in [0.25, 0.3) is 0 Å². The van der Waals surface area contributed by atoms with E-state index in [4.69, 9.17) is 14.2 Å². The lowest BCUT2D eigenvalue weighted by Gasteiger charge is -2.34. The van der Waals surface area contributed by atoms with Gasteiger partial charge in [0.1, 0.15) is 0 Å². The summed E-state index contributed by atoms with van der Waals surface area (Å²) >= 11 is 0. The minimum Gasteiger partial charge on any atom is -0.469 e. The first-order valence-corrected chi connectivity index (χ1v) is 10.5. The van der Waals surface area contributed by atoms with Crippen LogP contribution in [0.3, 0.4) is 0 Å². The summed E-state index contributed by atoms with van der Waals surface area (Å²) in [5.41, 5.74) is 2.17.